The lowest BCUT2D eigenvalue weighted by Crippen LogP contribution is -2.33. The molecule has 1 atom stereocenters. The van der Waals surface area contributed by atoms with Crippen molar-refractivity contribution in [3.05, 3.63) is 47.0 Å². The van der Waals surface area contributed by atoms with Crippen molar-refractivity contribution < 1.29 is 13.2 Å². The smallest absolute Gasteiger partial charge is 0.238 e. The number of carbonyl (C=O) groups is 1. The van der Waals surface area contributed by atoms with Gasteiger partial charge in [-0.15, -0.1) is 0 Å². The molecular weight excluding hydrogens is 328 g/mol. The Hall–Kier alpha value is -2.19. The molecule has 1 unspecified atom stereocenters. The number of fused-ring (bicyclic) bond motifs is 1. The summed E-state index contributed by atoms with van der Waals surface area (Å²) in [5, 5.41) is 7.97. The van der Waals surface area contributed by atoms with Crippen molar-refractivity contribution in [3.8, 4) is 0 Å². The van der Waals surface area contributed by atoms with Crippen LogP contribution in [0.25, 0.3) is 0 Å². The van der Waals surface area contributed by atoms with Gasteiger partial charge in [0.25, 0.3) is 0 Å². The highest BCUT2D eigenvalue weighted by Crippen LogP contribution is 2.24. The molecule has 24 heavy (non-hydrogen) atoms. The van der Waals surface area contributed by atoms with Gasteiger partial charge in [0.1, 0.15) is 5.82 Å². The molecule has 2 aromatic rings. The maximum atomic E-state index is 12.4. The molecule has 1 amide bonds. The average molecular weight is 348 g/mol. The van der Waals surface area contributed by atoms with E-state index in [1.807, 2.05) is 6.92 Å². The fourth-order valence-corrected chi connectivity index (χ4v) is 3.49. The van der Waals surface area contributed by atoms with Crippen LogP contribution in [0, 0.1) is 12.8 Å². The van der Waals surface area contributed by atoms with Crippen LogP contribution in [0.1, 0.15) is 29.2 Å². The highest BCUT2D eigenvalue weighted by molar-refractivity contribution is 7.89. The number of benzene rings is 1. The Morgan fingerprint density at radius 1 is 1.38 bits per heavy atom. The number of rotatable bonds is 4. The summed E-state index contributed by atoms with van der Waals surface area (Å²) in [6.45, 7) is 2.27. The van der Waals surface area contributed by atoms with Gasteiger partial charge < -0.3 is 10.3 Å². The number of hydrogen-bond donors (Lipinski definition) is 3. The zero-order valence-electron chi connectivity index (χ0n) is 13.4. The lowest BCUT2D eigenvalue weighted by Gasteiger charge is -2.20. The summed E-state index contributed by atoms with van der Waals surface area (Å²) in [4.78, 5) is 20.1. The maximum absolute atomic E-state index is 12.4. The van der Waals surface area contributed by atoms with E-state index in [0.29, 0.717) is 13.0 Å². The predicted octanol–water partition coefficient (Wildman–Crippen LogP) is 0.787. The van der Waals surface area contributed by atoms with E-state index in [4.69, 9.17) is 5.14 Å². The van der Waals surface area contributed by atoms with Gasteiger partial charge in [-0.05, 0) is 37.5 Å². The van der Waals surface area contributed by atoms with E-state index in [2.05, 4.69) is 15.3 Å². The lowest BCUT2D eigenvalue weighted by molar-refractivity contribution is -0.125. The SMILES string of the molecule is Cc1nc2c([nH]1)CC(C(=O)NCc1ccc(S(N)(=O)=O)cc1)CC2. The molecule has 1 aliphatic carbocycles. The summed E-state index contributed by atoms with van der Waals surface area (Å²) < 4.78 is 22.4. The van der Waals surface area contributed by atoms with Crippen LogP contribution in [-0.2, 0) is 34.2 Å². The van der Waals surface area contributed by atoms with Crippen LogP contribution in [0.3, 0.4) is 0 Å². The molecule has 0 aliphatic heterocycles. The minimum absolute atomic E-state index is 0.00317. The first-order valence-electron chi connectivity index (χ1n) is 7.77. The molecule has 4 N–H and O–H groups in total. The van der Waals surface area contributed by atoms with Crippen LogP contribution in [0.4, 0.5) is 0 Å². The van der Waals surface area contributed by atoms with Crippen molar-refractivity contribution in [1.82, 2.24) is 15.3 Å². The molecule has 0 saturated carbocycles. The summed E-state index contributed by atoms with van der Waals surface area (Å²) in [5.74, 6) is 0.820. The number of nitrogens with one attached hydrogen (secondary N) is 2. The molecule has 0 bridgehead atoms. The number of H-pyrrole nitrogens is 1. The Bertz CT molecular complexity index is 856. The van der Waals surface area contributed by atoms with E-state index in [0.717, 1.165) is 35.6 Å². The molecule has 0 saturated heterocycles. The van der Waals surface area contributed by atoms with Crippen molar-refractivity contribution in [2.45, 2.75) is 37.6 Å². The normalized spacial score (nSPS) is 17.3. The Morgan fingerprint density at radius 3 is 2.75 bits per heavy atom. The second-order valence-electron chi connectivity index (χ2n) is 6.09. The van der Waals surface area contributed by atoms with Gasteiger partial charge in [0.05, 0.1) is 10.6 Å². The predicted molar refractivity (Wildman–Crippen MR) is 88.5 cm³/mol. The van der Waals surface area contributed by atoms with Crippen LogP contribution < -0.4 is 10.5 Å². The van der Waals surface area contributed by atoms with Gasteiger partial charge in [-0.3, -0.25) is 4.79 Å². The number of nitrogens with zero attached hydrogens (tertiary/aromatic N) is 1. The van der Waals surface area contributed by atoms with Crippen LogP contribution >= 0.6 is 0 Å². The van der Waals surface area contributed by atoms with Crippen LogP contribution in [-0.4, -0.2) is 24.3 Å². The number of nitrogens with two attached hydrogens (primary N) is 1. The first-order valence-corrected chi connectivity index (χ1v) is 9.31. The molecule has 8 heteroatoms. The zero-order chi connectivity index (χ0) is 17.3. The van der Waals surface area contributed by atoms with Crippen LogP contribution in [0.15, 0.2) is 29.2 Å². The van der Waals surface area contributed by atoms with Gasteiger partial charge in [0, 0.05) is 24.6 Å². The summed E-state index contributed by atoms with van der Waals surface area (Å²) in [6, 6.07) is 6.18. The number of sulfonamides is 1. The van der Waals surface area contributed by atoms with Crippen molar-refractivity contribution >= 4 is 15.9 Å². The van der Waals surface area contributed by atoms with E-state index in [1.54, 1.807) is 12.1 Å². The van der Waals surface area contributed by atoms with Gasteiger partial charge >= 0.3 is 0 Å². The topological polar surface area (TPSA) is 118 Å². The quantitative estimate of drug-likeness (QED) is 0.757. The van der Waals surface area contributed by atoms with Gasteiger partial charge in [-0.25, -0.2) is 18.5 Å². The van der Waals surface area contributed by atoms with Gasteiger partial charge in [-0.1, -0.05) is 12.1 Å². The van der Waals surface area contributed by atoms with Gasteiger partial charge in [0.2, 0.25) is 15.9 Å². The highest BCUT2D eigenvalue weighted by atomic mass is 32.2. The Labute approximate surface area is 140 Å². The molecule has 128 valence electrons. The average Bonchev–Trinajstić information content (AvgIpc) is 2.91. The van der Waals surface area contributed by atoms with E-state index >= 15 is 0 Å². The molecule has 0 radical (unpaired) electrons. The molecule has 1 aromatic heterocycles. The number of amides is 1. The summed E-state index contributed by atoms with van der Waals surface area (Å²) in [5.41, 5.74) is 2.94. The van der Waals surface area contributed by atoms with Crippen molar-refractivity contribution in [1.29, 1.82) is 0 Å². The number of hydrogen-bond acceptors (Lipinski definition) is 4. The van der Waals surface area contributed by atoms with Gasteiger partial charge in [0.15, 0.2) is 0 Å². The second-order valence-corrected chi connectivity index (χ2v) is 7.66. The molecule has 1 aromatic carbocycles. The van der Waals surface area contributed by atoms with Crippen molar-refractivity contribution in [2.75, 3.05) is 0 Å². The largest absolute Gasteiger partial charge is 0.352 e. The van der Waals surface area contributed by atoms with Crippen LogP contribution in [0.5, 0.6) is 0 Å². The number of aromatic amines is 1. The Kier molecular flexibility index (Phi) is 4.42. The highest BCUT2D eigenvalue weighted by Gasteiger charge is 2.26. The summed E-state index contributed by atoms with van der Waals surface area (Å²) in [7, 11) is -3.69. The fraction of sp³-hybridized carbons (Fsp3) is 0.375. The summed E-state index contributed by atoms with van der Waals surface area (Å²) >= 11 is 0. The minimum atomic E-state index is -3.69. The van der Waals surface area contributed by atoms with E-state index in [-0.39, 0.29) is 16.7 Å². The molecular formula is C16H20N4O3S. The molecule has 1 aliphatic rings. The monoisotopic (exact) mass is 348 g/mol. The Morgan fingerprint density at radius 2 is 2.08 bits per heavy atom. The van der Waals surface area contributed by atoms with E-state index in [1.165, 1.54) is 12.1 Å². The second kappa shape index (κ2) is 6.37. The first kappa shape index (κ1) is 16.7. The standard InChI is InChI=1S/C16H20N4O3S/c1-10-19-14-7-4-12(8-15(14)20-10)16(21)18-9-11-2-5-13(6-3-11)24(17,22)23/h2-3,5-6,12H,4,7-9H2,1H3,(H,18,21)(H,19,20)(H2,17,22,23). The molecule has 3 rings (SSSR count). The number of aryl methyl sites for hydroxylation is 2. The first-order chi connectivity index (χ1) is 11.3. The third kappa shape index (κ3) is 3.65. The van der Waals surface area contributed by atoms with Crippen molar-refractivity contribution in [2.24, 2.45) is 11.1 Å². The number of primary sulfonamides is 1. The summed E-state index contributed by atoms with van der Waals surface area (Å²) in [6.07, 6.45) is 2.26. The zero-order valence-corrected chi connectivity index (χ0v) is 14.2. The number of imidazole rings is 1. The molecule has 0 spiro atoms. The molecule has 1 heterocycles. The lowest BCUT2D eigenvalue weighted by atomic mass is 9.89. The number of aromatic nitrogens is 2. The van der Waals surface area contributed by atoms with Crippen LogP contribution in [0.2, 0.25) is 0 Å². The van der Waals surface area contributed by atoms with E-state index in [9.17, 15) is 13.2 Å². The minimum Gasteiger partial charge on any atom is -0.352 e. The fourth-order valence-electron chi connectivity index (χ4n) is 2.98. The Balaban J connectivity index is 1.58. The third-order valence-corrected chi connectivity index (χ3v) is 5.18. The third-order valence-electron chi connectivity index (χ3n) is 4.25. The molecule has 0 fully saturated rings. The maximum Gasteiger partial charge on any atom is 0.238 e. The molecule has 7 nitrogen and oxygen atoms in total. The van der Waals surface area contributed by atoms with E-state index < -0.39 is 10.0 Å². The number of carbonyl (C=O) groups excluding carboxylic acids is 1. The van der Waals surface area contributed by atoms with Crippen molar-refractivity contribution in [3.63, 3.8) is 0 Å². The van der Waals surface area contributed by atoms with Gasteiger partial charge in [-0.2, -0.15) is 0 Å².